The first-order valence-corrected chi connectivity index (χ1v) is 7.53. The molecule has 2 rings (SSSR count). The molecule has 1 saturated heterocycles. The van der Waals surface area contributed by atoms with Gasteiger partial charge < -0.3 is 5.32 Å². The lowest BCUT2D eigenvalue weighted by Crippen LogP contribution is -2.53. The van der Waals surface area contributed by atoms with Gasteiger partial charge in [-0.05, 0) is 38.1 Å². The fraction of sp³-hybridized carbons (Fsp3) is 1.00. The molecular formula is C14H25F3N2. The summed E-state index contributed by atoms with van der Waals surface area (Å²) >= 11 is 0. The van der Waals surface area contributed by atoms with Crippen LogP contribution in [-0.4, -0.2) is 42.8 Å². The van der Waals surface area contributed by atoms with Crippen LogP contribution < -0.4 is 5.32 Å². The van der Waals surface area contributed by atoms with E-state index in [-0.39, 0.29) is 6.04 Å². The zero-order valence-electron chi connectivity index (χ0n) is 11.7. The summed E-state index contributed by atoms with van der Waals surface area (Å²) in [4.78, 5) is 1.51. The zero-order valence-corrected chi connectivity index (χ0v) is 11.7. The minimum Gasteiger partial charge on any atom is -0.310 e. The number of rotatable bonds is 4. The predicted molar refractivity (Wildman–Crippen MR) is 70.1 cm³/mol. The summed E-state index contributed by atoms with van der Waals surface area (Å²) in [7, 11) is 0. The summed E-state index contributed by atoms with van der Waals surface area (Å²) in [6.07, 6.45) is 3.21. The molecule has 3 unspecified atom stereocenters. The van der Waals surface area contributed by atoms with Gasteiger partial charge in [0, 0.05) is 18.6 Å². The van der Waals surface area contributed by atoms with Crippen LogP contribution in [0.1, 0.15) is 45.4 Å². The average molecular weight is 278 g/mol. The second-order valence-electron chi connectivity index (χ2n) is 6.03. The maximum atomic E-state index is 12.5. The van der Waals surface area contributed by atoms with Crippen molar-refractivity contribution in [2.45, 2.75) is 63.7 Å². The van der Waals surface area contributed by atoms with Crippen molar-refractivity contribution in [1.82, 2.24) is 10.2 Å². The number of nitrogens with zero attached hydrogens (tertiary/aromatic N) is 1. The molecule has 5 heteroatoms. The lowest BCUT2D eigenvalue weighted by molar-refractivity contribution is -0.146. The minimum absolute atomic E-state index is 0.238. The molecular weight excluding hydrogens is 253 g/mol. The molecule has 2 nitrogen and oxygen atoms in total. The maximum absolute atomic E-state index is 12.5. The van der Waals surface area contributed by atoms with Crippen molar-refractivity contribution < 1.29 is 13.2 Å². The quantitative estimate of drug-likeness (QED) is 0.849. The Labute approximate surface area is 113 Å². The highest BCUT2D eigenvalue weighted by Gasteiger charge is 2.34. The van der Waals surface area contributed by atoms with Gasteiger partial charge in [-0.25, -0.2) is 0 Å². The van der Waals surface area contributed by atoms with E-state index in [1.807, 2.05) is 0 Å². The number of piperidine rings is 1. The van der Waals surface area contributed by atoms with Crippen LogP contribution in [0.5, 0.6) is 0 Å². The standard InChI is InChI=1S/C14H25F3N2/c1-2-19(10-14(15,16)17)9-12-8-7-11-5-3-4-6-13(11)18-12/h11-13,18H,2-10H2,1H3. The third-order valence-electron chi connectivity index (χ3n) is 4.57. The molecule has 0 radical (unpaired) electrons. The summed E-state index contributed by atoms with van der Waals surface area (Å²) in [5.74, 6) is 0.766. The zero-order chi connectivity index (χ0) is 13.9. The van der Waals surface area contributed by atoms with E-state index >= 15 is 0 Å². The Morgan fingerprint density at radius 3 is 2.53 bits per heavy atom. The number of halogens is 3. The maximum Gasteiger partial charge on any atom is 0.401 e. The average Bonchev–Trinajstić information content (AvgIpc) is 2.36. The van der Waals surface area contributed by atoms with Crippen molar-refractivity contribution >= 4 is 0 Å². The Kier molecular flexibility index (Phi) is 5.12. The first-order valence-electron chi connectivity index (χ1n) is 7.53. The fourth-order valence-corrected chi connectivity index (χ4v) is 3.59. The largest absolute Gasteiger partial charge is 0.401 e. The lowest BCUT2D eigenvalue weighted by Gasteiger charge is -2.42. The normalized spacial score (nSPS) is 32.4. The highest BCUT2D eigenvalue weighted by Crippen LogP contribution is 2.32. The van der Waals surface area contributed by atoms with E-state index < -0.39 is 12.7 Å². The molecule has 0 aromatic heterocycles. The van der Waals surface area contributed by atoms with E-state index in [0.717, 1.165) is 12.3 Å². The summed E-state index contributed by atoms with van der Waals surface area (Å²) < 4.78 is 37.4. The van der Waals surface area contributed by atoms with Gasteiger partial charge in [0.15, 0.2) is 0 Å². The molecule has 1 heterocycles. The van der Waals surface area contributed by atoms with E-state index in [9.17, 15) is 13.2 Å². The van der Waals surface area contributed by atoms with E-state index in [0.29, 0.717) is 19.1 Å². The van der Waals surface area contributed by atoms with Gasteiger partial charge in [-0.2, -0.15) is 13.2 Å². The molecule has 3 atom stereocenters. The third kappa shape index (κ3) is 4.63. The molecule has 112 valence electrons. The molecule has 1 aliphatic carbocycles. The Morgan fingerprint density at radius 2 is 1.84 bits per heavy atom. The number of alkyl halides is 3. The van der Waals surface area contributed by atoms with Crippen LogP contribution >= 0.6 is 0 Å². The van der Waals surface area contributed by atoms with Gasteiger partial charge in [-0.15, -0.1) is 0 Å². The molecule has 1 aliphatic heterocycles. The van der Waals surface area contributed by atoms with Gasteiger partial charge in [0.25, 0.3) is 0 Å². The van der Waals surface area contributed by atoms with Gasteiger partial charge in [-0.1, -0.05) is 19.8 Å². The predicted octanol–water partition coefficient (Wildman–Crippen LogP) is 3.18. The van der Waals surface area contributed by atoms with E-state index in [2.05, 4.69) is 5.32 Å². The van der Waals surface area contributed by atoms with Crippen LogP contribution in [0, 0.1) is 5.92 Å². The number of fused-ring (bicyclic) bond motifs is 1. The smallest absolute Gasteiger partial charge is 0.310 e. The van der Waals surface area contributed by atoms with Crippen molar-refractivity contribution in [3.05, 3.63) is 0 Å². The van der Waals surface area contributed by atoms with Crippen LogP contribution in [0.15, 0.2) is 0 Å². The molecule has 1 N–H and O–H groups in total. The van der Waals surface area contributed by atoms with Crippen molar-refractivity contribution in [3.8, 4) is 0 Å². The van der Waals surface area contributed by atoms with Crippen molar-refractivity contribution in [1.29, 1.82) is 0 Å². The first kappa shape index (κ1) is 15.1. The van der Waals surface area contributed by atoms with Gasteiger partial charge in [0.05, 0.1) is 6.54 Å². The SMILES string of the molecule is CCN(CC1CCC2CCCCC2N1)CC(F)(F)F. The molecule has 19 heavy (non-hydrogen) atoms. The van der Waals surface area contributed by atoms with Crippen molar-refractivity contribution in [3.63, 3.8) is 0 Å². The van der Waals surface area contributed by atoms with Crippen LogP contribution in [0.25, 0.3) is 0 Å². The number of likely N-dealkylation sites (N-methyl/N-ethyl adjacent to an activating group) is 1. The molecule has 0 aromatic rings. The third-order valence-corrected chi connectivity index (χ3v) is 4.57. The van der Waals surface area contributed by atoms with E-state index in [1.54, 1.807) is 6.92 Å². The van der Waals surface area contributed by atoms with Gasteiger partial charge in [-0.3, -0.25) is 4.90 Å². The molecule has 0 bridgehead atoms. The first-order chi connectivity index (χ1) is 8.98. The van der Waals surface area contributed by atoms with Gasteiger partial charge in [0.1, 0.15) is 0 Å². The molecule has 2 fully saturated rings. The van der Waals surface area contributed by atoms with Crippen LogP contribution in [0.4, 0.5) is 13.2 Å². The molecule has 0 amide bonds. The summed E-state index contributed by atoms with van der Waals surface area (Å²) in [5.41, 5.74) is 0. The molecule has 2 aliphatic rings. The monoisotopic (exact) mass is 278 g/mol. The molecule has 0 aromatic carbocycles. The second-order valence-corrected chi connectivity index (χ2v) is 6.03. The molecule has 0 spiro atoms. The fourth-order valence-electron chi connectivity index (χ4n) is 3.59. The Balaban J connectivity index is 1.81. The number of hydrogen-bond donors (Lipinski definition) is 1. The number of hydrogen-bond acceptors (Lipinski definition) is 2. The minimum atomic E-state index is -4.09. The van der Waals surface area contributed by atoms with E-state index in [1.165, 1.54) is 37.0 Å². The van der Waals surface area contributed by atoms with Gasteiger partial charge in [0.2, 0.25) is 0 Å². The summed E-state index contributed by atoms with van der Waals surface area (Å²) in [6.45, 7) is 2.01. The van der Waals surface area contributed by atoms with Crippen molar-refractivity contribution in [2.75, 3.05) is 19.6 Å². The Hall–Kier alpha value is -0.290. The second kappa shape index (κ2) is 6.44. The summed E-state index contributed by atoms with van der Waals surface area (Å²) in [5, 5.41) is 3.60. The van der Waals surface area contributed by atoms with Crippen LogP contribution in [0.3, 0.4) is 0 Å². The Morgan fingerprint density at radius 1 is 1.11 bits per heavy atom. The highest BCUT2D eigenvalue weighted by atomic mass is 19.4. The van der Waals surface area contributed by atoms with Crippen molar-refractivity contribution in [2.24, 2.45) is 5.92 Å². The van der Waals surface area contributed by atoms with Gasteiger partial charge >= 0.3 is 6.18 Å². The van der Waals surface area contributed by atoms with E-state index in [4.69, 9.17) is 0 Å². The van der Waals surface area contributed by atoms with Crippen LogP contribution in [0.2, 0.25) is 0 Å². The van der Waals surface area contributed by atoms with Crippen LogP contribution in [-0.2, 0) is 0 Å². The topological polar surface area (TPSA) is 15.3 Å². The Bertz CT molecular complexity index is 280. The lowest BCUT2D eigenvalue weighted by atomic mass is 9.78. The molecule has 1 saturated carbocycles. The summed E-state index contributed by atoms with van der Waals surface area (Å²) in [6, 6.07) is 0.791. The highest BCUT2D eigenvalue weighted by molar-refractivity contribution is 4.90. The number of nitrogens with one attached hydrogen (secondary N) is 1.